The molecule has 1 fully saturated rings. The number of hydrogen-bond donors (Lipinski definition) is 1. The third kappa shape index (κ3) is 2.29. The molecule has 2 unspecified atom stereocenters. The summed E-state index contributed by atoms with van der Waals surface area (Å²) in [6, 6.07) is 7.10. The summed E-state index contributed by atoms with van der Waals surface area (Å²) in [7, 11) is 0. The second kappa shape index (κ2) is 5.25. The van der Waals surface area contributed by atoms with Gasteiger partial charge in [0, 0.05) is 18.8 Å². The number of anilines is 1. The van der Waals surface area contributed by atoms with Crippen LogP contribution in [0.5, 0.6) is 0 Å². The van der Waals surface area contributed by atoms with Gasteiger partial charge in [-0.15, -0.1) is 0 Å². The number of hydrogen-bond acceptors (Lipinski definition) is 3. The highest BCUT2D eigenvalue weighted by Crippen LogP contribution is 2.25. The minimum atomic E-state index is -0.487. The van der Waals surface area contributed by atoms with Crippen molar-refractivity contribution >= 4 is 17.5 Å². The van der Waals surface area contributed by atoms with Gasteiger partial charge in [0.2, 0.25) is 5.91 Å². The normalized spacial score (nSPS) is 25.9. The Morgan fingerprint density at radius 1 is 1.40 bits per heavy atom. The summed E-state index contributed by atoms with van der Waals surface area (Å²) >= 11 is 0. The molecule has 3 rings (SSSR count). The maximum atomic E-state index is 12.5. The van der Waals surface area contributed by atoms with Crippen LogP contribution in [0, 0.1) is 0 Å². The van der Waals surface area contributed by atoms with Gasteiger partial charge in [-0.3, -0.25) is 9.59 Å². The van der Waals surface area contributed by atoms with Crippen molar-refractivity contribution in [2.75, 3.05) is 11.9 Å². The fourth-order valence-corrected chi connectivity index (χ4v) is 2.71. The van der Waals surface area contributed by atoms with Crippen LogP contribution in [0.1, 0.15) is 25.3 Å². The van der Waals surface area contributed by atoms with Crippen LogP contribution in [0.3, 0.4) is 0 Å². The van der Waals surface area contributed by atoms with Gasteiger partial charge >= 0.3 is 0 Å². The van der Waals surface area contributed by atoms with E-state index in [9.17, 15) is 9.59 Å². The topological polar surface area (TPSA) is 58.6 Å². The van der Waals surface area contributed by atoms with Crippen LogP contribution in [-0.2, 0) is 20.9 Å². The Morgan fingerprint density at radius 3 is 2.95 bits per heavy atom. The molecule has 2 atom stereocenters. The maximum absolute atomic E-state index is 12.5. The molecule has 0 aliphatic carbocycles. The number of carbonyl (C=O) groups is 2. The second-order valence-electron chi connectivity index (χ2n) is 5.29. The van der Waals surface area contributed by atoms with Crippen molar-refractivity contribution in [3.8, 4) is 0 Å². The Balaban J connectivity index is 1.89. The molecule has 5 nitrogen and oxygen atoms in total. The molecule has 5 heteroatoms. The Hall–Kier alpha value is -1.88. The third-order valence-electron chi connectivity index (χ3n) is 3.95. The number of nitrogens with one attached hydrogen (secondary N) is 1. The van der Waals surface area contributed by atoms with Gasteiger partial charge < -0.3 is 15.0 Å². The SMILES string of the molecule is CC1C(=O)Nc2ccccc2CN1C(=O)C1CCCO1. The maximum Gasteiger partial charge on any atom is 0.252 e. The molecule has 0 radical (unpaired) electrons. The number of para-hydroxylation sites is 1. The fraction of sp³-hybridized carbons (Fsp3) is 0.467. The van der Waals surface area contributed by atoms with Crippen molar-refractivity contribution in [2.24, 2.45) is 0 Å². The minimum Gasteiger partial charge on any atom is -0.368 e. The summed E-state index contributed by atoms with van der Waals surface area (Å²) in [6.45, 7) is 2.82. The van der Waals surface area contributed by atoms with Crippen molar-refractivity contribution < 1.29 is 14.3 Å². The van der Waals surface area contributed by atoms with Gasteiger partial charge in [-0.05, 0) is 31.4 Å². The van der Waals surface area contributed by atoms with Gasteiger partial charge in [0.25, 0.3) is 5.91 Å². The van der Waals surface area contributed by atoms with Crippen molar-refractivity contribution in [2.45, 2.75) is 38.5 Å². The monoisotopic (exact) mass is 274 g/mol. The van der Waals surface area contributed by atoms with Crippen LogP contribution in [0.15, 0.2) is 24.3 Å². The van der Waals surface area contributed by atoms with Gasteiger partial charge in [0.1, 0.15) is 12.1 Å². The van der Waals surface area contributed by atoms with Gasteiger partial charge in [-0.25, -0.2) is 0 Å². The Labute approximate surface area is 117 Å². The summed E-state index contributed by atoms with van der Waals surface area (Å²) in [5.41, 5.74) is 1.74. The van der Waals surface area contributed by atoms with Crippen LogP contribution in [-0.4, -0.2) is 35.5 Å². The lowest BCUT2D eigenvalue weighted by molar-refractivity contribution is -0.146. The molecule has 0 spiro atoms. The van der Waals surface area contributed by atoms with E-state index in [1.165, 1.54) is 0 Å². The highest BCUT2D eigenvalue weighted by atomic mass is 16.5. The van der Waals surface area contributed by atoms with E-state index in [0.29, 0.717) is 13.2 Å². The highest BCUT2D eigenvalue weighted by Gasteiger charge is 2.35. The molecule has 2 aliphatic heterocycles. The fourth-order valence-electron chi connectivity index (χ4n) is 2.71. The lowest BCUT2D eigenvalue weighted by Crippen LogP contribution is -2.47. The van der Waals surface area contributed by atoms with Crippen LogP contribution in [0.4, 0.5) is 5.69 Å². The van der Waals surface area contributed by atoms with E-state index in [2.05, 4.69) is 5.32 Å². The van der Waals surface area contributed by atoms with Gasteiger partial charge in [0.05, 0.1) is 0 Å². The quantitative estimate of drug-likeness (QED) is 0.845. The molecule has 0 aromatic heterocycles. The summed E-state index contributed by atoms with van der Waals surface area (Å²) in [5, 5.41) is 2.87. The van der Waals surface area contributed by atoms with Gasteiger partial charge in [-0.1, -0.05) is 18.2 Å². The molecular weight excluding hydrogens is 256 g/mol. The molecule has 2 aliphatic rings. The lowest BCUT2D eigenvalue weighted by Gasteiger charge is -2.28. The van der Waals surface area contributed by atoms with Crippen LogP contribution in [0.25, 0.3) is 0 Å². The zero-order valence-electron chi connectivity index (χ0n) is 11.5. The van der Waals surface area contributed by atoms with Crippen molar-refractivity contribution in [1.29, 1.82) is 0 Å². The number of ether oxygens (including phenoxy) is 1. The number of carbonyl (C=O) groups excluding carboxylic acids is 2. The van der Waals surface area contributed by atoms with Crippen molar-refractivity contribution in [3.63, 3.8) is 0 Å². The smallest absolute Gasteiger partial charge is 0.252 e. The van der Waals surface area contributed by atoms with Crippen LogP contribution >= 0.6 is 0 Å². The van der Waals surface area contributed by atoms with Crippen LogP contribution in [0.2, 0.25) is 0 Å². The van der Waals surface area contributed by atoms with E-state index < -0.39 is 12.1 Å². The third-order valence-corrected chi connectivity index (χ3v) is 3.95. The van der Waals surface area contributed by atoms with E-state index >= 15 is 0 Å². The van der Waals surface area contributed by atoms with E-state index in [1.807, 2.05) is 24.3 Å². The molecule has 1 aromatic carbocycles. The predicted octanol–water partition coefficient (Wildman–Crippen LogP) is 1.53. The first-order chi connectivity index (χ1) is 9.66. The average molecular weight is 274 g/mol. The number of rotatable bonds is 1. The molecule has 106 valence electrons. The summed E-state index contributed by atoms with van der Waals surface area (Å²) < 4.78 is 5.46. The number of fused-ring (bicyclic) bond motifs is 1. The zero-order chi connectivity index (χ0) is 14.1. The number of amides is 2. The van der Waals surface area contributed by atoms with Gasteiger partial charge in [-0.2, -0.15) is 0 Å². The lowest BCUT2D eigenvalue weighted by atomic mass is 10.1. The zero-order valence-corrected chi connectivity index (χ0v) is 11.5. The summed E-state index contributed by atoms with van der Waals surface area (Å²) in [5.74, 6) is -0.233. The molecule has 20 heavy (non-hydrogen) atoms. The average Bonchev–Trinajstić information content (AvgIpc) is 2.95. The van der Waals surface area contributed by atoms with Crippen molar-refractivity contribution in [3.05, 3.63) is 29.8 Å². The van der Waals surface area contributed by atoms with Gasteiger partial charge in [0.15, 0.2) is 0 Å². The summed E-state index contributed by atoms with van der Waals surface area (Å²) in [6.07, 6.45) is 1.25. The standard InChI is InChI=1S/C15H18N2O3/c1-10-14(18)16-12-6-3-2-5-11(12)9-17(10)15(19)13-7-4-8-20-13/h2-3,5-6,10,13H,4,7-9H2,1H3,(H,16,18). The molecular formula is C15H18N2O3. The number of benzene rings is 1. The first kappa shape index (κ1) is 13.1. The summed E-state index contributed by atoms with van der Waals surface area (Å²) in [4.78, 5) is 26.3. The van der Waals surface area contributed by atoms with E-state index in [4.69, 9.17) is 4.74 Å². The van der Waals surface area contributed by atoms with E-state index in [0.717, 1.165) is 24.1 Å². The molecule has 0 saturated carbocycles. The molecule has 1 N–H and O–H groups in total. The first-order valence-corrected chi connectivity index (χ1v) is 6.97. The molecule has 1 saturated heterocycles. The Bertz CT molecular complexity index is 538. The Kier molecular flexibility index (Phi) is 3.44. The van der Waals surface area contributed by atoms with Crippen LogP contribution < -0.4 is 5.32 Å². The molecule has 1 aromatic rings. The molecule has 2 heterocycles. The van der Waals surface area contributed by atoms with E-state index in [1.54, 1.807) is 11.8 Å². The minimum absolute atomic E-state index is 0.0816. The van der Waals surface area contributed by atoms with E-state index in [-0.39, 0.29) is 11.8 Å². The Morgan fingerprint density at radius 2 is 2.20 bits per heavy atom. The predicted molar refractivity (Wildman–Crippen MR) is 74.1 cm³/mol. The first-order valence-electron chi connectivity index (χ1n) is 6.97. The molecule has 0 bridgehead atoms. The largest absolute Gasteiger partial charge is 0.368 e. The number of nitrogens with zero attached hydrogens (tertiary/aromatic N) is 1. The van der Waals surface area contributed by atoms with Crippen molar-refractivity contribution in [1.82, 2.24) is 4.90 Å². The molecule has 2 amide bonds. The second-order valence-corrected chi connectivity index (χ2v) is 5.29. The highest BCUT2D eigenvalue weighted by molar-refractivity contribution is 5.99.